The summed E-state index contributed by atoms with van der Waals surface area (Å²) in [6.45, 7) is 0. The van der Waals surface area contributed by atoms with Gasteiger partial charge in [0.2, 0.25) is 0 Å². The van der Waals surface area contributed by atoms with Crippen molar-refractivity contribution >= 4 is 43.5 Å². The van der Waals surface area contributed by atoms with Crippen molar-refractivity contribution < 1.29 is 0 Å². The molecule has 0 atom stereocenters. The Morgan fingerprint density at radius 1 is 0.431 bits per heavy atom. The van der Waals surface area contributed by atoms with Crippen molar-refractivity contribution in [2.75, 3.05) is 0 Å². The number of hydrogen-bond acceptors (Lipinski definition) is 4. The Morgan fingerprint density at radius 2 is 1.10 bits per heavy atom. The maximum atomic E-state index is 5.36. The third kappa shape index (κ3) is 4.86. The van der Waals surface area contributed by atoms with Crippen molar-refractivity contribution in [1.82, 2.24) is 24.7 Å². The van der Waals surface area contributed by atoms with Crippen molar-refractivity contribution in [3.8, 4) is 50.7 Å². The van der Waals surface area contributed by atoms with Crippen molar-refractivity contribution in [1.29, 1.82) is 0 Å². The fourth-order valence-electron chi connectivity index (χ4n) is 7.28. The van der Waals surface area contributed by atoms with Gasteiger partial charge in [-0.1, -0.05) is 127 Å². The minimum atomic E-state index is 0.810. The molecular weight excluding hydrogens is 623 g/mol. The van der Waals surface area contributed by atoms with E-state index in [1.54, 1.807) is 0 Å². The number of para-hydroxylation sites is 1. The van der Waals surface area contributed by atoms with E-state index in [0.717, 1.165) is 94.2 Å². The van der Waals surface area contributed by atoms with Gasteiger partial charge in [0.1, 0.15) is 5.69 Å². The topological polar surface area (TPSA) is 56.5 Å². The highest BCUT2D eigenvalue weighted by Gasteiger charge is 2.22. The Bertz CT molecular complexity index is 2900. The van der Waals surface area contributed by atoms with Crippen LogP contribution in [0.25, 0.3) is 94.2 Å². The van der Waals surface area contributed by atoms with Gasteiger partial charge in [0.25, 0.3) is 0 Å². The van der Waals surface area contributed by atoms with E-state index in [1.807, 2.05) is 36.5 Å². The van der Waals surface area contributed by atoms with Gasteiger partial charge < -0.3 is 0 Å². The van der Waals surface area contributed by atoms with Crippen LogP contribution >= 0.6 is 0 Å². The molecule has 0 aliphatic rings. The second-order valence-corrected chi connectivity index (χ2v) is 12.7. The van der Waals surface area contributed by atoms with Gasteiger partial charge in [-0.05, 0) is 59.0 Å². The lowest BCUT2D eigenvalue weighted by Crippen LogP contribution is -1.97. The van der Waals surface area contributed by atoms with Crippen LogP contribution in [0.3, 0.4) is 0 Å². The molecule has 5 heteroatoms. The van der Waals surface area contributed by atoms with Crippen LogP contribution in [0.5, 0.6) is 0 Å². The first kappa shape index (κ1) is 29.0. The number of rotatable bonds is 5. The average Bonchev–Trinajstić information content (AvgIpc) is 3.62. The Balaban J connectivity index is 1.24. The molecule has 238 valence electrons. The quantitative estimate of drug-likeness (QED) is 0.174. The van der Waals surface area contributed by atoms with Crippen LogP contribution in [0, 0.1) is 0 Å². The third-order valence-corrected chi connectivity index (χ3v) is 9.66. The number of hydrogen-bond donors (Lipinski definition) is 0. The van der Waals surface area contributed by atoms with Gasteiger partial charge in [0.15, 0.2) is 0 Å². The molecule has 0 saturated heterocycles. The Morgan fingerprint density at radius 3 is 1.90 bits per heavy atom. The van der Waals surface area contributed by atoms with E-state index < -0.39 is 0 Å². The first-order valence-electron chi connectivity index (χ1n) is 17.1. The van der Waals surface area contributed by atoms with Crippen LogP contribution in [0.1, 0.15) is 0 Å². The summed E-state index contributed by atoms with van der Waals surface area (Å²) < 4.78 is 2.11. The van der Waals surface area contributed by atoms with Gasteiger partial charge in [0.05, 0.1) is 39.3 Å². The SMILES string of the molecule is c1ccc(-c2cc3c(-c4cccc(-c5ccc6ccc7cccnc7c6n5)n4)cccc3c3c2c(-c2ccccc2)nn3-c2ccccc2)cc1. The van der Waals surface area contributed by atoms with Crippen LogP contribution in [-0.4, -0.2) is 24.7 Å². The van der Waals surface area contributed by atoms with Crippen molar-refractivity contribution in [3.05, 3.63) is 176 Å². The molecule has 4 aromatic heterocycles. The first-order valence-corrected chi connectivity index (χ1v) is 17.1. The molecule has 10 aromatic rings. The van der Waals surface area contributed by atoms with Gasteiger partial charge in [-0.2, -0.15) is 5.10 Å². The van der Waals surface area contributed by atoms with E-state index in [0.29, 0.717) is 0 Å². The van der Waals surface area contributed by atoms with Gasteiger partial charge >= 0.3 is 0 Å². The minimum Gasteiger partial charge on any atom is -0.254 e. The first-order chi connectivity index (χ1) is 25.3. The maximum Gasteiger partial charge on any atom is 0.101 e. The fraction of sp³-hybridized carbons (Fsp3) is 0. The highest BCUT2D eigenvalue weighted by Crippen LogP contribution is 2.44. The molecule has 0 aliphatic heterocycles. The summed E-state index contributed by atoms with van der Waals surface area (Å²) in [6, 6.07) is 58.9. The molecule has 0 amide bonds. The summed E-state index contributed by atoms with van der Waals surface area (Å²) in [5, 5.41) is 10.8. The Labute approximate surface area is 294 Å². The van der Waals surface area contributed by atoms with Crippen LogP contribution in [-0.2, 0) is 0 Å². The van der Waals surface area contributed by atoms with E-state index in [1.165, 1.54) is 0 Å². The van der Waals surface area contributed by atoms with E-state index in [4.69, 9.17) is 15.1 Å². The largest absolute Gasteiger partial charge is 0.254 e. The molecular formula is C46H29N5. The minimum absolute atomic E-state index is 0.810. The van der Waals surface area contributed by atoms with Crippen LogP contribution < -0.4 is 0 Å². The molecule has 0 radical (unpaired) electrons. The second kappa shape index (κ2) is 11.9. The normalized spacial score (nSPS) is 11.5. The lowest BCUT2D eigenvalue weighted by atomic mass is 9.91. The summed E-state index contributed by atoms with van der Waals surface area (Å²) in [5.74, 6) is 0. The molecule has 0 spiro atoms. The predicted molar refractivity (Wildman–Crippen MR) is 209 cm³/mol. The van der Waals surface area contributed by atoms with Crippen LogP contribution in [0.4, 0.5) is 0 Å². The number of fused-ring (bicyclic) bond motifs is 6. The van der Waals surface area contributed by atoms with Gasteiger partial charge in [-0.15, -0.1) is 0 Å². The predicted octanol–water partition coefficient (Wildman–Crippen LogP) is 11.3. The lowest BCUT2D eigenvalue weighted by Gasteiger charge is -2.14. The van der Waals surface area contributed by atoms with E-state index >= 15 is 0 Å². The van der Waals surface area contributed by atoms with Gasteiger partial charge in [-0.25, -0.2) is 14.6 Å². The summed E-state index contributed by atoms with van der Waals surface area (Å²) in [4.78, 5) is 15.0. The Kier molecular flexibility index (Phi) is 6.74. The number of pyridine rings is 3. The molecule has 51 heavy (non-hydrogen) atoms. The maximum absolute atomic E-state index is 5.36. The Hall–Kier alpha value is -6.98. The highest BCUT2D eigenvalue weighted by molar-refractivity contribution is 6.19. The summed E-state index contributed by atoms with van der Waals surface area (Å²) in [6.07, 6.45) is 1.82. The molecule has 0 aliphatic carbocycles. The molecule has 5 nitrogen and oxygen atoms in total. The zero-order valence-corrected chi connectivity index (χ0v) is 27.5. The van der Waals surface area contributed by atoms with Crippen molar-refractivity contribution in [2.24, 2.45) is 0 Å². The standard InChI is InChI=1S/C46H29N5/c1-4-13-30(14-5-1)37-29-38-35(39-22-11-23-40(48-39)41-27-26-33-25-24-32-17-12-28-47-44(32)45(33)49-41)20-10-21-36(38)46-42(37)43(31-15-6-2-7-16-31)50-51(46)34-18-8-3-9-19-34/h1-29H. The molecule has 0 N–H and O–H groups in total. The van der Waals surface area contributed by atoms with Gasteiger partial charge in [0, 0.05) is 38.9 Å². The zero-order valence-electron chi connectivity index (χ0n) is 27.5. The van der Waals surface area contributed by atoms with Crippen LogP contribution in [0.15, 0.2) is 176 Å². The molecule has 4 heterocycles. The van der Waals surface area contributed by atoms with Crippen LogP contribution in [0.2, 0.25) is 0 Å². The number of nitrogens with zero attached hydrogens (tertiary/aromatic N) is 5. The molecule has 0 saturated carbocycles. The highest BCUT2D eigenvalue weighted by atomic mass is 15.3. The third-order valence-electron chi connectivity index (χ3n) is 9.66. The lowest BCUT2D eigenvalue weighted by molar-refractivity contribution is 0.918. The molecule has 0 unspecified atom stereocenters. The monoisotopic (exact) mass is 651 g/mol. The summed E-state index contributed by atoms with van der Waals surface area (Å²) in [5.41, 5.74) is 11.7. The zero-order chi connectivity index (χ0) is 33.7. The number of benzene rings is 6. The van der Waals surface area contributed by atoms with Crippen molar-refractivity contribution in [2.45, 2.75) is 0 Å². The molecule has 6 aromatic carbocycles. The molecule has 0 fully saturated rings. The molecule has 10 rings (SSSR count). The van der Waals surface area contributed by atoms with Crippen molar-refractivity contribution in [3.63, 3.8) is 0 Å². The smallest absolute Gasteiger partial charge is 0.101 e. The summed E-state index contributed by atoms with van der Waals surface area (Å²) in [7, 11) is 0. The van der Waals surface area contributed by atoms with E-state index in [2.05, 4.69) is 149 Å². The molecule has 0 bridgehead atoms. The van der Waals surface area contributed by atoms with Gasteiger partial charge in [-0.3, -0.25) is 4.98 Å². The summed E-state index contributed by atoms with van der Waals surface area (Å²) >= 11 is 0. The average molecular weight is 652 g/mol. The van der Waals surface area contributed by atoms with E-state index in [9.17, 15) is 0 Å². The number of aromatic nitrogens is 5. The fourth-order valence-corrected chi connectivity index (χ4v) is 7.28. The second-order valence-electron chi connectivity index (χ2n) is 12.7. The van der Waals surface area contributed by atoms with E-state index in [-0.39, 0.29) is 0 Å².